The van der Waals surface area contributed by atoms with Crippen molar-refractivity contribution in [3.8, 4) is 11.1 Å². The van der Waals surface area contributed by atoms with E-state index in [4.69, 9.17) is 4.74 Å². The lowest BCUT2D eigenvalue weighted by molar-refractivity contribution is -0.145. The molecule has 3 N–H and O–H groups in total. The number of ether oxygens (including phenoxy) is 1. The molecule has 0 saturated carbocycles. The Labute approximate surface area is 203 Å². The fourth-order valence-electron chi connectivity index (χ4n) is 4.62. The number of carboxylic acid groups (broad SMARTS) is 1. The lowest BCUT2D eigenvalue weighted by Crippen LogP contribution is -2.51. The fourth-order valence-corrected chi connectivity index (χ4v) is 4.62. The molecule has 3 aromatic rings. The van der Waals surface area contributed by atoms with Crippen LogP contribution in [0.15, 0.2) is 66.9 Å². The zero-order valence-electron chi connectivity index (χ0n) is 19.6. The van der Waals surface area contributed by atoms with Crippen molar-refractivity contribution in [1.29, 1.82) is 0 Å². The lowest BCUT2D eigenvalue weighted by Gasteiger charge is -2.26. The molecule has 1 aliphatic rings. The molecule has 2 aromatic carbocycles. The summed E-state index contributed by atoms with van der Waals surface area (Å²) in [6.45, 7) is 1.83. The van der Waals surface area contributed by atoms with E-state index in [-0.39, 0.29) is 25.5 Å². The van der Waals surface area contributed by atoms with E-state index in [2.05, 4.69) is 22.4 Å². The molecule has 2 amide bonds. The number of nitrogens with one attached hydrogen (secondary N) is 2. The Morgan fingerprint density at radius 1 is 1.03 bits per heavy atom. The molecule has 0 radical (unpaired) electrons. The van der Waals surface area contributed by atoms with Gasteiger partial charge in [0.2, 0.25) is 5.91 Å². The first-order chi connectivity index (χ1) is 17.0. The number of fused-ring (bicyclic) bond motifs is 3. The number of alkyl carbamates (subject to hydrolysis) is 1. The number of rotatable bonds is 10. The van der Waals surface area contributed by atoms with Gasteiger partial charge in [-0.3, -0.25) is 9.59 Å². The maximum atomic E-state index is 13.2. The van der Waals surface area contributed by atoms with Crippen LogP contribution >= 0.6 is 0 Å². The molecule has 8 nitrogen and oxygen atoms in total. The van der Waals surface area contributed by atoms with Crippen LogP contribution < -0.4 is 5.32 Å². The second-order valence-electron chi connectivity index (χ2n) is 8.58. The van der Waals surface area contributed by atoms with Crippen LogP contribution in [-0.4, -0.2) is 58.7 Å². The van der Waals surface area contributed by atoms with E-state index < -0.39 is 30.6 Å². The molecule has 1 heterocycles. The Bertz CT molecular complexity index is 1150. The van der Waals surface area contributed by atoms with Crippen LogP contribution in [0.2, 0.25) is 0 Å². The van der Waals surface area contributed by atoms with Crippen LogP contribution in [0.25, 0.3) is 11.1 Å². The highest BCUT2D eigenvalue weighted by molar-refractivity contribution is 5.88. The Hall–Kier alpha value is -4.07. The molecule has 0 fully saturated rings. The SMILES string of the molecule is CCCN(CC(=O)O)C(=O)C(Cc1ccc[nH]1)NC(=O)OCC1c2ccccc2-c2ccccc21. The van der Waals surface area contributed by atoms with Crippen molar-refractivity contribution in [2.45, 2.75) is 31.7 Å². The minimum atomic E-state index is -1.11. The summed E-state index contributed by atoms with van der Waals surface area (Å²) in [6, 6.07) is 18.7. The molecule has 8 heteroatoms. The van der Waals surface area contributed by atoms with Gasteiger partial charge < -0.3 is 25.0 Å². The van der Waals surface area contributed by atoms with Gasteiger partial charge in [-0.05, 0) is 40.8 Å². The summed E-state index contributed by atoms with van der Waals surface area (Å²) in [4.78, 5) is 41.6. The number of carbonyl (C=O) groups is 3. The number of amides is 2. The van der Waals surface area contributed by atoms with Gasteiger partial charge in [-0.2, -0.15) is 0 Å². The first kappa shape index (κ1) is 24.1. The molecule has 1 unspecified atom stereocenters. The lowest BCUT2D eigenvalue weighted by atomic mass is 9.98. The van der Waals surface area contributed by atoms with E-state index in [9.17, 15) is 19.5 Å². The van der Waals surface area contributed by atoms with Crippen molar-refractivity contribution in [1.82, 2.24) is 15.2 Å². The summed E-state index contributed by atoms with van der Waals surface area (Å²) in [7, 11) is 0. The molecular weight excluding hydrogens is 446 g/mol. The quantitative estimate of drug-likeness (QED) is 0.413. The van der Waals surface area contributed by atoms with Gasteiger partial charge >= 0.3 is 12.1 Å². The molecular formula is C27H29N3O5. The first-order valence-corrected chi connectivity index (χ1v) is 11.7. The van der Waals surface area contributed by atoms with E-state index in [0.29, 0.717) is 6.42 Å². The van der Waals surface area contributed by atoms with E-state index in [1.807, 2.05) is 43.3 Å². The first-order valence-electron chi connectivity index (χ1n) is 11.7. The van der Waals surface area contributed by atoms with E-state index in [0.717, 1.165) is 27.9 Å². The summed E-state index contributed by atoms with van der Waals surface area (Å²) in [5.74, 6) is -1.67. The van der Waals surface area contributed by atoms with Crippen LogP contribution in [0.5, 0.6) is 0 Å². The monoisotopic (exact) mass is 475 g/mol. The van der Waals surface area contributed by atoms with Crippen molar-refractivity contribution in [2.75, 3.05) is 19.7 Å². The number of carbonyl (C=O) groups excluding carboxylic acids is 2. The third kappa shape index (κ3) is 5.54. The average molecular weight is 476 g/mol. The molecule has 0 bridgehead atoms. The zero-order chi connectivity index (χ0) is 24.8. The van der Waals surface area contributed by atoms with E-state index >= 15 is 0 Å². The van der Waals surface area contributed by atoms with Crippen LogP contribution in [-0.2, 0) is 20.7 Å². The molecule has 35 heavy (non-hydrogen) atoms. The number of aromatic amines is 1. The predicted molar refractivity (Wildman–Crippen MR) is 131 cm³/mol. The van der Waals surface area contributed by atoms with Crippen molar-refractivity contribution in [2.24, 2.45) is 0 Å². The van der Waals surface area contributed by atoms with Gasteiger partial charge in [0.25, 0.3) is 0 Å². The largest absolute Gasteiger partial charge is 0.480 e. The topological polar surface area (TPSA) is 112 Å². The van der Waals surface area contributed by atoms with Crippen LogP contribution in [0.3, 0.4) is 0 Å². The fraction of sp³-hybridized carbons (Fsp3) is 0.296. The van der Waals surface area contributed by atoms with Gasteiger partial charge in [0, 0.05) is 30.8 Å². The summed E-state index contributed by atoms with van der Waals surface area (Å²) in [5.41, 5.74) is 5.18. The number of carboxylic acids is 1. The smallest absolute Gasteiger partial charge is 0.407 e. The Morgan fingerprint density at radius 2 is 1.69 bits per heavy atom. The highest BCUT2D eigenvalue weighted by atomic mass is 16.5. The molecule has 1 atom stereocenters. The number of H-pyrrole nitrogens is 1. The molecule has 0 aliphatic heterocycles. The highest BCUT2D eigenvalue weighted by Crippen LogP contribution is 2.44. The average Bonchev–Trinajstić information content (AvgIpc) is 3.47. The van der Waals surface area contributed by atoms with Gasteiger partial charge in [-0.25, -0.2) is 4.79 Å². The van der Waals surface area contributed by atoms with Gasteiger partial charge in [-0.15, -0.1) is 0 Å². The Balaban J connectivity index is 1.47. The van der Waals surface area contributed by atoms with Crippen molar-refractivity contribution in [3.63, 3.8) is 0 Å². The van der Waals surface area contributed by atoms with Gasteiger partial charge in [0.05, 0.1) is 0 Å². The minimum Gasteiger partial charge on any atom is -0.480 e. The maximum absolute atomic E-state index is 13.2. The number of nitrogens with zero attached hydrogens (tertiary/aromatic N) is 1. The predicted octanol–water partition coefficient (Wildman–Crippen LogP) is 3.79. The van der Waals surface area contributed by atoms with Crippen LogP contribution in [0, 0.1) is 0 Å². The van der Waals surface area contributed by atoms with Gasteiger partial charge in [0.15, 0.2) is 0 Å². The number of hydrogen-bond donors (Lipinski definition) is 3. The third-order valence-corrected chi connectivity index (χ3v) is 6.15. The second kappa shape index (κ2) is 10.9. The molecule has 4 rings (SSSR count). The molecule has 1 aliphatic carbocycles. The van der Waals surface area contributed by atoms with E-state index in [1.165, 1.54) is 4.90 Å². The highest BCUT2D eigenvalue weighted by Gasteiger charge is 2.31. The van der Waals surface area contributed by atoms with Gasteiger partial charge in [0.1, 0.15) is 19.2 Å². The van der Waals surface area contributed by atoms with Crippen LogP contribution in [0.4, 0.5) is 4.79 Å². The summed E-state index contributed by atoms with van der Waals surface area (Å²) >= 11 is 0. The second-order valence-corrected chi connectivity index (χ2v) is 8.58. The minimum absolute atomic E-state index is 0.102. The normalized spacial score (nSPS) is 12.9. The molecule has 0 spiro atoms. The Morgan fingerprint density at radius 3 is 2.26 bits per heavy atom. The number of benzene rings is 2. The molecule has 182 valence electrons. The van der Waals surface area contributed by atoms with Crippen LogP contribution in [0.1, 0.15) is 36.1 Å². The molecule has 0 saturated heterocycles. The summed E-state index contributed by atoms with van der Waals surface area (Å²) in [5, 5.41) is 11.9. The third-order valence-electron chi connectivity index (χ3n) is 6.15. The standard InChI is InChI=1S/C27H29N3O5/c1-2-14-30(16-25(31)32)26(33)24(15-18-8-7-13-28-18)29-27(34)35-17-23-21-11-5-3-9-19(21)20-10-4-6-12-22(20)23/h3-13,23-24,28H,2,14-17H2,1H3,(H,29,34)(H,31,32). The summed E-state index contributed by atoms with van der Waals surface area (Å²) < 4.78 is 5.61. The van der Waals surface area contributed by atoms with Crippen molar-refractivity contribution >= 4 is 18.0 Å². The molecule has 1 aromatic heterocycles. The van der Waals surface area contributed by atoms with E-state index in [1.54, 1.807) is 18.3 Å². The number of aliphatic carboxylic acids is 1. The summed E-state index contributed by atoms with van der Waals surface area (Å²) in [6.07, 6.45) is 1.80. The van der Waals surface area contributed by atoms with Crippen molar-refractivity contribution in [3.05, 3.63) is 83.7 Å². The zero-order valence-corrected chi connectivity index (χ0v) is 19.6. The van der Waals surface area contributed by atoms with Crippen molar-refractivity contribution < 1.29 is 24.2 Å². The van der Waals surface area contributed by atoms with Gasteiger partial charge in [-0.1, -0.05) is 55.5 Å². The Kier molecular flexibility index (Phi) is 7.50. The number of aromatic nitrogens is 1. The maximum Gasteiger partial charge on any atom is 0.407 e. The number of hydrogen-bond acceptors (Lipinski definition) is 4.